The number of benzene rings is 1. The van der Waals surface area contributed by atoms with E-state index in [2.05, 4.69) is 39.5 Å². The lowest BCUT2D eigenvalue weighted by atomic mass is 9.73. The van der Waals surface area contributed by atoms with Gasteiger partial charge in [-0.25, -0.2) is 0 Å². The van der Waals surface area contributed by atoms with Crippen LogP contribution in [0.2, 0.25) is 0 Å². The summed E-state index contributed by atoms with van der Waals surface area (Å²) >= 11 is 6.73. The summed E-state index contributed by atoms with van der Waals surface area (Å²) in [7, 11) is 0. The zero-order valence-corrected chi connectivity index (χ0v) is 18.6. The Bertz CT molecular complexity index is 721. The summed E-state index contributed by atoms with van der Waals surface area (Å²) in [5.74, 6) is 1.38. The van der Waals surface area contributed by atoms with Crippen LogP contribution in [-0.4, -0.2) is 15.7 Å². The van der Waals surface area contributed by atoms with Crippen molar-refractivity contribution in [3.8, 4) is 11.5 Å². The van der Waals surface area contributed by atoms with Crippen LogP contribution >= 0.6 is 24.0 Å². The summed E-state index contributed by atoms with van der Waals surface area (Å²) in [5, 5.41) is 11.0. The number of ether oxygens (including phenoxy) is 1. The molecule has 27 heavy (non-hydrogen) atoms. The first-order valence-corrected chi connectivity index (χ1v) is 11.4. The van der Waals surface area contributed by atoms with E-state index in [4.69, 9.17) is 17.0 Å². The third kappa shape index (κ3) is 5.86. The molecule has 0 aromatic heterocycles. The van der Waals surface area contributed by atoms with Gasteiger partial charge in [0.1, 0.15) is 11.5 Å². The molecular weight excluding hydrogens is 372 g/mol. The molecule has 0 fully saturated rings. The molecule has 0 heterocycles. The van der Waals surface area contributed by atoms with Crippen molar-refractivity contribution in [2.24, 2.45) is 5.92 Å². The highest BCUT2D eigenvalue weighted by Gasteiger charge is 2.31. The van der Waals surface area contributed by atoms with Crippen molar-refractivity contribution in [1.29, 1.82) is 0 Å². The van der Waals surface area contributed by atoms with Crippen molar-refractivity contribution in [2.75, 3.05) is 6.26 Å². The van der Waals surface area contributed by atoms with Gasteiger partial charge in [0.2, 0.25) is 4.38 Å². The molecular formula is C23H32O2S2. The monoisotopic (exact) mass is 404 g/mol. The summed E-state index contributed by atoms with van der Waals surface area (Å²) in [6.45, 7) is 10.6. The van der Waals surface area contributed by atoms with Crippen molar-refractivity contribution >= 4 is 28.4 Å². The van der Waals surface area contributed by atoms with Crippen LogP contribution in [0.25, 0.3) is 0 Å². The predicted octanol–water partition coefficient (Wildman–Crippen LogP) is 7.17. The zero-order valence-electron chi connectivity index (χ0n) is 17.0. The molecule has 1 aromatic carbocycles. The van der Waals surface area contributed by atoms with E-state index < -0.39 is 0 Å². The van der Waals surface area contributed by atoms with Crippen LogP contribution in [0.1, 0.15) is 69.9 Å². The van der Waals surface area contributed by atoms with Gasteiger partial charge in [0.15, 0.2) is 0 Å². The van der Waals surface area contributed by atoms with Crippen LogP contribution in [0.15, 0.2) is 35.9 Å². The molecule has 1 aliphatic rings. The quantitative estimate of drug-likeness (QED) is 0.296. The van der Waals surface area contributed by atoms with E-state index in [-0.39, 0.29) is 5.92 Å². The minimum atomic E-state index is 0.0700. The van der Waals surface area contributed by atoms with Crippen LogP contribution < -0.4 is 4.74 Å². The van der Waals surface area contributed by atoms with Gasteiger partial charge in [-0.2, -0.15) is 0 Å². The Morgan fingerprint density at radius 1 is 1.37 bits per heavy atom. The highest BCUT2D eigenvalue weighted by Crippen LogP contribution is 2.47. The van der Waals surface area contributed by atoms with E-state index in [1.54, 1.807) is 0 Å². The summed E-state index contributed by atoms with van der Waals surface area (Å²) in [4.78, 5) is 0. The highest BCUT2D eigenvalue weighted by atomic mass is 32.2. The van der Waals surface area contributed by atoms with Crippen molar-refractivity contribution < 1.29 is 9.84 Å². The fourth-order valence-corrected chi connectivity index (χ4v) is 4.11. The van der Waals surface area contributed by atoms with Crippen LogP contribution in [0.3, 0.4) is 0 Å². The van der Waals surface area contributed by atoms with E-state index in [1.807, 2.05) is 12.3 Å². The minimum absolute atomic E-state index is 0.0700. The molecule has 0 aliphatic heterocycles. The molecule has 0 saturated carbocycles. The molecule has 0 bridgehead atoms. The van der Waals surface area contributed by atoms with Crippen molar-refractivity contribution in [2.45, 2.75) is 65.2 Å². The average Bonchev–Trinajstić information content (AvgIpc) is 2.61. The largest absolute Gasteiger partial charge is 0.507 e. The number of phenolic OH excluding ortho intramolecular Hbond substituents is 1. The Labute approximate surface area is 174 Å². The number of hydrogen-bond donors (Lipinski definition) is 1. The first-order chi connectivity index (χ1) is 12.9. The van der Waals surface area contributed by atoms with Crippen LogP contribution in [0.4, 0.5) is 0 Å². The number of unbranched alkanes of at least 4 members (excludes halogenated alkanes) is 2. The topological polar surface area (TPSA) is 29.5 Å². The highest BCUT2D eigenvalue weighted by molar-refractivity contribution is 8.22. The number of thioether (sulfide) groups is 1. The first kappa shape index (κ1) is 22.0. The molecule has 1 aliphatic carbocycles. The number of aromatic hydroxyl groups is 1. The van der Waals surface area contributed by atoms with Gasteiger partial charge >= 0.3 is 0 Å². The molecule has 148 valence electrons. The van der Waals surface area contributed by atoms with Gasteiger partial charge in [0.05, 0.1) is 0 Å². The lowest BCUT2D eigenvalue weighted by molar-refractivity contribution is 0.424. The predicted molar refractivity (Wildman–Crippen MR) is 122 cm³/mol. The summed E-state index contributed by atoms with van der Waals surface area (Å²) in [6, 6.07) is 3.98. The van der Waals surface area contributed by atoms with Gasteiger partial charge in [0.25, 0.3) is 0 Å². The molecule has 2 atom stereocenters. The standard InChI is InChI=1S/C23H32O2S2/c1-6-7-8-9-17-13-20(24)22(21(14-17)25-23(26)27-5)19-12-16(4)10-11-18(19)15(2)3/h12-14,18-19,24H,2,6-11H2,1,3-5H3/t18-,19+/m0/s1. The van der Waals surface area contributed by atoms with E-state index in [0.717, 1.165) is 42.4 Å². The summed E-state index contributed by atoms with van der Waals surface area (Å²) < 4.78 is 6.49. The van der Waals surface area contributed by atoms with Crippen LogP contribution in [0, 0.1) is 5.92 Å². The average molecular weight is 405 g/mol. The lowest BCUT2D eigenvalue weighted by Gasteiger charge is -2.32. The smallest absolute Gasteiger partial charge is 0.225 e. The van der Waals surface area contributed by atoms with Gasteiger partial charge in [-0.3, -0.25) is 0 Å². The maximum atomic E-state index is 11.0. The molecule has 0 spiro atoms. The Morgan fingerprint density at radius 2 is 2.11 bits per heavy atom. The molecule has 2 nitrogen and oxygen atoms in total. The maximum absolute atomic E-state index is 11.0. The van der Waals surface area contributed by atoms with E-state index in [9.17, 15) is 5.11 Å². The minimum Gasteiger partial charge on any atom is -0.507 e. The maximum Gasteiger partial charge on any atom is 0.225 e. The van der Waals surface area contributed by atoms with E-state index in [0.29, 0.717) is 21.8 Å². The number of aryl methyl sites for hydroxylation is 1. The molecule has 0 saturated heterocycles. The van der Waals surface area contributed by atoms with Gasteiger partial charge in [0, 0.05) is 11.5 Å². The van der Waals surface area contributed by atoms with Crippen molar-refractivity contribution in [1.82, 2.24) is 0 Å². The van der Waals surface area contributed by atoms with Crippen molar-refractivity contribution in [3.05, 3.63) is 47.1 Å². The molecule has 1 aromatic rings. The third-order valence-corrected chi connectivity index (χ3v) is 6.32. The van der Waals surface area contributed by atoms with E-state index in [1.165, 1.54) is 30.2 Å². The molecule has 1 N–H and O–H groups in total. The van der Waals surface area contributed by atoms with E-state index >= 15 is 0 Å². The Balaban J connectivity index is 2.50. The number of rotatable bonds is 7. The molecule has 4 heteroatoms. The molecule has 2 rings (SSSR count). The van der Waals surface area contributed by atoms with Gasteiger partial charge in [-0.1, -0.05) is 55.3 Å². The fraction of sp³-hybridized carbons (Fsp3) is 0.522. The van der Waals surface area contributed by atoms with Crippen molar-refractivity contribution in [3.63, 3.8) is 0 Å². The SMILES string of the molecule is C=C(C)[C@@H]1CCC(C)=C[C@H]1c1c(O)cc(CCCCC)cc1OC(=S)SC. The fourth-order valence-electron chi connectivity index (χ4n) is 3.85. The lowest BCUT2D eigenvalue weighted by Crippen LogP contribution is -2.18. The number of thiocarbonyl (C=S) groups is 1. The normalized spacial score (nSPS) is 19.5. The number of allylic oxidation sites excluding steroid dienone is 3. The molecule has 0 radical (unpaired) electrons. The second-order valence-electron chi connectivity index (χ2n) is 7.57. The second-order valence-corrected chi connectivity index (χ2v) is 8.98. The van der Waals surface area contributed by atoms with Gasteiger partial charge < -0.3 is 9.84 Å². The van der Waals surface area contributed by atoms with Gasteiger partial charge in [-0.15, -0.1) is 0 Å². The number of hydrogen-bond acceptors (Lipinski definition) is 4. The zero-order chi connectivity index (χ0) is 20.0. The summed E-state index contributed by atoms with van der Waals surface area (Å²) in [5.41, 5.74) is 4.44. The first-order valence-electron chi connectivity index (χ1n) is 9.81. The molecule has 0 amide bonds. The third-order valence-electron chi connectivity index (χ3n) is 5.32. The Hall–Kier alpha value is -1.26. The Kier molecular flexibility index (Phi) is 8.43. The second kappa shape index (κ2) is 10.3. The van der Waals surface area contributed by atoms with Gasteiger partial charge in [-0.05, 0) is 81.6 Å². The summed E-state index contributed by atoms with van der Waals surface area (Å²) in [6.07, 6.45) is 10.7. The van der Waals surface area contributed by atoms with Crippen LogP contribution in [0.5, 0.6) is 11.5 Å². The number of phenols is 1. The molecule has 0 unspecified atom stereocenters. The Morgan fingerprint density at radius 3 is 2.74 bits per heavy atom. The van der Waals surface area contributed by atoms with Crippen LogP contribution in [-0.2, 0) is 6.42 Å².